The first-order valence-electron chi connectivity index (χ1n) is 7.97. The van der Waals surface area contributed by atoms with Gasteiger partial charge in [0, 0.05) is 37.2 Å². The van der Waals surface area contributed by atoms with Gasteiger partial charge in [-0.3, -0.25) is 0 Å². The first kappa shape index (κ1) is 16.1. The fourth-order valence-corrected chi connectivity index (χ4v) is 3.33. The summed E-state index contributed by atoms with van der Waals surface area (Å²) in [4.78, 5) is 6.26. The minimum absolute atomic E-state index is 0.191. The molecule has 2 aliphatic rings. The molecule has 2 aliphatic heterocycles. The van der Waals surface area contributed by atoms with Gasteiger partial charge in [-0.05, 0) is 17.4 Å². The average molecular weight is 320 g/mol. The van der Waals surface area contributed by atoms with E-state index in [-0.39, 0.29) is 35.8 Å². The fraction of sp³-hybridized carbons (Fsp3) is 0.500. The Labute approximate surface area is 135 Å². The predicted octanol–water partition coefficient (Wildman–Crippen LogP) is 3.75. The molecule has 3 nitrogen and oxygen atoms in total. The van der Waals surface area contributed by atoms with Gasteiger partial charge < -0.3 is 10.0 Å². The Morgan fingerprint density at radius 3 is 2.70 bits per heavy atom. The van der Waals surface area contributed by atoms with Crippen molar-refractivity contribution < 1.29 is 13.9 Å². The molecule has 1 aromatic carbocycles. The lowest BCUT2D eigenvalue weighted by Gasteiger charge is -2.47. The lowest BCUT2D eigenvalue weighted by atomic mass is 9.84. The molecule has 1 N–H and O–H groups in total. The van der Waals surface area contributed by atoms with Crippen LogP contribution in [0.4, 0.5) is 8.78 Å². The van der Waals surface area contributed by atoms with E-state index >= 15 is 0 Å². The normalized spacial score (nSPS) is 23.7. The molecule has 0 amide bonds. The van der Waals surface area contributed by atoms with Crippen LogP contribution < -0.4 is 0 Å². The van der Waals surface area contributed by atoms with Gasteiger partial charge in [-0.15, -0.1) is 0 Å². The van der Waals surface area contributed by atoms with Crippen LogP contribution in [0.2, 0.25) is 0 Å². The van der Waals surface area contributed by atoms with Crippen molar-refractivity contribution >= 4 is 6.21 Å². The van der Waals surface area contributed by atoms with Crippen molar-refractivity contribution in [2.75, 3.05) is 13.1 Å². The number of likely N-dealkylation sites (tertiary alicyclic amines) is 1. The van der Waals surface area contributed by atoms with E-state index in [2.05, 4.69) is 18.8 Å². The van der Waals surface area contributed by atoms with Crippen LogP contribution in [0.5, 0.6) is 0 Å². The number of benzene rings is 1. The summed E-state index contributed by atoms with van der Waals surface area (Å²) in [6.45, 7) is 5.50. The monoisotopic (exact) mass is 320 g/mol. The van der Waals surface area contributed by atoms with Gasteiger partial charge in [-0.1, -0.05) is 32.0 Å². The van der Waals surface area contributed by atoms with Crippen molar-refractivity contribution in [1.82, 2.24) is 4.90 Å². The van der Waals surface area contributed by atoms with Crippen LogP contribution in [0.1, 0.15) is 43.7 Å². The number of halogens is 2. The fourth-order valence-electron chi connectivity index (χ4n) is 3.33. The lowest BCUT2D eigenvalue weighted by Crippen LogP contribution is -2.51. The number of aliphatic hydroxyl groups is 1. The number of rotatable bonds is 3. The molecule has 124 valence electrons. The third-order valence-electron chi connectivity index (χ3n) is 4.51. The van der Waals surface area contributed by atoms with Crippen LogP contribution >= 0.6 is 0 Å². The standard InChI is InChI=1S/C18H22F2N2O/c1-18(2)10-22(11-18)17-15(19)7-6-12(8-21-17)14-5-3-4-13(9-23)16(14)20/h3-5,8,12,23H,6-7,9-11H2,1-2H3. The summed E-state index contributed by atoms with van der Waals surface area (Å²) in [6.07, 6.45) is 2.37. The highest BCUT2D eigenvalue weighted by Crippen LogP contribution is 2.37. The predicted molar refractivity (Wildman–Crippen MR) is 86.3 cm³/mol. The molecule has 3 rings (SSSR count). The highest BCUT2D eigenvalue weighted by molar-refractivity contribution is 5.70. The van der Waals surface area contributed by atoms with E-state index in [1.54, 1.807) is 24.4 Å². The third kappa shape index (κ3) is 3.15. The van der Waals surface area contributed by atoms with E-state index in [1.165, 1.54) is 0 Å². The summed E-state index contributed by atoms with van der Waals surface area (Å²) in [5, 5.41) is 9.19. The Kier molecular flexibility index (Phi) is 4.23. The Bertz CT molecular complexity index is 659. The molecule has 2 heterocycles. The van der Waals surface area contributed by atoms with Gasteiger partial charge >= 0.3 is 0 Å². The lowest BCUT2D eigenvalue weighted by molar-refractivity contribution is 0.0599. The second kappa shape index (κ2) is 6.04. The number of allylic oxidation sites excluding steroid dienone is 1. The van der Waals surface area contributed by atoms with Gasteiger partial charge in [0.1, 0.15) is 11.6 Å². The van der Waals surface area contributed by atoms with Crippen LogP contribution in [-0.2, 0) is 6.61 Å². The van der Waals surface area contributed by atoms with Crippen molar-refractivity contribution in [1.29, 1.82) is 0 Å². The minimum atomic E-state index is -0.416. The number of nitrogens with zero attached hydrogens (tertiary/aromatic N) is 2. The zero-order chi connectivity index (χ0) is 16.6. The van der Waals surface area contributed by atoms with E-state index in [1.807, 2.05) is 4.90 Å². The maximum Gasteiger partial charge on any atom is 0.160 e. The van der Waals surface area contributed by atoms with Crippen LogP contribution in [-0.4, -0.2) is 29.3 Å². The van der Waals surface area contributed by atoms with Crippen molar-refractivity contribution in [3.05, 3.63) is 46.8 Å². The van der Waals surface area contributed by atoms with Crippen LogP contribution in [0.25, 0.3) is 0 Å². The molecule has 1 saturated heterocycles. The molecule has 0 bridgehead atoms. The van der Waals surface area contributed by atoms with Crippen molar-refractivity contribution in [2.45, 2.75) is 39.2 Å². The zero-order valence-electron chi connectivity index (χ0n) is 13.5. The molecular formula is C18H22F2N2O. The Morgan fingerprint density at radius 1 is 1.30 bits per heavy atom. The molecule has 1 fully saturated rings. The largest absolute Gasteiger partial charge is 0.392 e. The first-order valence-corrected chi connectivity index (χ1v) is 7.97. The maximum atomic E-state index is 14.4. The van der Waals surface area contributed by atoms with Crippen LogP contribution in [0.15, 0.2) is 34.8 Å². The summed E-state index contributed by atoms with van der Waals surface area (Å²) in [5.41, 5.74) is 0.923. The van der Waals surface area contributed by atoms with Crippen molar-refractivity contribution in [3.63, 3.8) is 0 Å². The molecule has 0 aromatic heterocycles. The summed E-state index contributed by atoms with van der Waals surface area (Å²) in [6, 6.07) is 4.95. The molecule has 0 saturated carbocycles. The second-order valence-corrected chi connectivity index (χ2v) is 7.15. The molecule has 23 heavy (non-hydrogen) atoms. The molecule has 1 atom stereocenters. The number of hydrogen-bond donors (Lipinski definition) is 1. The second-order valence-electron chi connectivity index (χ2n) is 7.15. The number of aliphatic imine (C=N–C) groups is 1. The smallest absolute Gasteiger partial charge is 0.160 e. The molecule has 5 heteroatoms. The SMILES string of the molecule is CC1(C)CN(C2=C(F)CCC(c3cccc(CO)c3F)C=N2)C1. The van der Waals surface area contributed by atoms with Crippen molar-refractivity contribution in [3.8, 4) is 0 Å². The minimum Gasteiger partial charge on any atom is -0.392 e. The van der Waals surface area contributed by atoms with Gasteiger partial charge in [0.15, 0.2) is 5.82 Å². The highest BCUT2D eigenvalue weighted by atomic mass is 19.1. The Balaban J connectivity index is 1.82. The van der Waals surface area contributed by atoms with Gasteiger partial charge in [0.25, 0.3) is 0 Å². The summed E-state index contributed by atoms with van der Waals surface area (Å²) in [7, 11) is 0. The van der Waals surface area contributed by atoms with Gasteiger partial charge in [0.05, 0.1) is 6.61 Å². The zero-order valence-corrected chi connectivity index (χ0v) is 13.5. The number of hydrogen-bond acceptors (Lipinski definition) is 3. The van der Waals surface area contributed by atoms with Gasteiger partial charge in [-0.2, -0.15) is 0 Å². The van der Waals surface area contributed by atoms with E-state index in [4.69, 9.17) is 0 Å². The Hall–Kier alpha value is -1.75. The molecular weight excluding hydrogens is 298 g/mol. The maximum absolute atomic E-state index is 14.4. The van der Waals surface area contributed by atoms with Gasteiger partial charge in [0.2, 0.25) is 0 Å². The summed E-state index contributed by atoms with van der Waals surface area (Å²) < 4.78 is 28.7. The Morgan fingerprint density at radius 2 is 2.04 bits per heavy atom. The topological polar surface area (TPSA) is 35.8 Å². The highest BCUT2D eigenvalue weighted by Gasteiger charge is 2.37. The van der Waals surface area contributed by atoms with E-state index < -0.39 is 5.82 Å². The number of aliphatic hydroxyl groups excluding tert-OH is 1. The molecule has 0 aliphatic carbocycles. The first-order chi connectivity index (χ1) is 10.9. The average Bonchev–Trinajstić information content (AvgIpc) is 2.67. The molecule has 0 radical (unpaired) electrons. The molecule has 1 aromatic rings. The van der Waals surface area contributed by atoms with E-state index in [9.17, 15) is 13.9 Å². The van der Waals surface area contributed by atoms with Crippen LogP contribution in [0, 0.1) is 11.2 Å². The van der Waals surface area contributed by atoms with Crippen LogP contribution in [0.3, 0.4) is 0 Å². The molecule has 0 spiro atoms. The quantitative estimate of drug-likeness (QED) is 0.921. The van der Waals surface area contributed by atoms with E-state index in [0.29, 0.717) is 17.8 Å². The van der Waals surface area contributed by atoms with Gasteiger partial charge in [-0.25, -0.2) is 13.8 Å². The molecule has 1 unspecified atom stereocenters. The summed E-state index contributed by atoms with van der Waals surface area (Å²) >= 11 is 0. The van der Waals surface area contributed by atoms with Crippen molar-refractivity contribution in [2.24, 2.45) is 10.4 Å². The summed E-state index contributed by atoms with van der Waals surface area (Å²) in [5.74, 6) is -0.525. The van der Waals surface area contributed by atoms with E-state index in [0.717, 1.165) is 13.1 Å². The third-order valence-corrected chi connectivity index (χ3v) is 4.51.